The number of ether oxygens (including phenoxy) is 6. The normalized spacial score (nSPS) is 13.3. The van der Waals surface area contributed by atoms with Gasteiger partial charge in [0.2, 0.25) is 0 Å². The highest BCUT2D eigenvalue weighted by Gasteiger charge is 2.43. The van der Waals surface area contributed by atoms with Gasteiger partial charge in [-0.3, -0.25) is 0 Å². The fourth-order valence-electron chi connectivity index (χ4n) is 3.48. The molecule has 2 unspecified atom stereocenters. The van der Waals surface area contributed by atoms with E-state index in [4.69, 9.17) is 28.4 Å². The molecule has 0 heterocycles. The molecule has 2 aromatic carbocycles. The number of benzene rings is 2. The Morgan fingerprint density at radius 2 is 1.03 bits per heavy atom. The van der Waals surface area contributed by atoms with E-state index in [9.17, 15) is 14.2 Å². The lowest BCUT2D eigenvalue weighted by Gasteiger charge is -2.32. The first-order valence-corrected chi connectivity index (χ1v) is 15.0. The van der Waals surface area contributed by atoms with Crippen molar-refractivity contribution in [3.8, 4) is 34.5 Å². The number of aliphatic hydroxyl groups is 1. The Labute approximate surface area is 227 Å². The molecule has 9 nitrogen and oxygen atoms in total. The van der Waals surface area contributed by atoms with Crippen molar-refractivity contribution in [1.29, 1.82) is 0 Å². The van der Waals surface area contributed by atoms with Gasteiger partial charge in [-0.25, -0.2) is 0 Å². The quantitative estimate of drug-likeness (QED) is 0.394. The summed E-state index contributed by atoms with van der Waals surface area (Å²) in [5.74, 6) is 3.01. The summed E-state index contributed by atoms with van der Waals surface area (Å²) < 4.78 is 57.5. The molecule has 0 aliphatic rings. The fraction of sp³-hybridized carbons (Fsp3) is 0.556. The van der Waals surface area contributed by atoms with Gasteiger partial charge in [0.05, 0.1) is 48.0 Å². The summed E-state index contributed by atoms with van der Waals surface area (Å²) in [6.07, 6.45) is -0.449. The van der Waals surface area contributed by atoms with Crippen LogP contribution in [0.4, 0.5) is 0 Å². The number of hydrogen-bond acceptors (Lipinski definition) is 9. The molecule has 2 rings (SSSR count). The summed E-state index contributed by atoms with van der Waals surface area (Å²) in [6, 6.07) is 6.73. The zero-order chi connectivity index (χ0) is 29.5. The second-order valence-electron chi connectivity index (χ2n) is 10.3. The zero-order valence-corrected chi connectivity index (χ0v) is 26.4. The number of aliphatic hydroxyl groups excluding tert-OH is 1. The largest absolute Gasteiger partial charge is 0.496 e. The summed E-state index contributed by atoms with van der Waals surface area (Å²) in [7, 11) is 4.40. The molecule has 0 amide bonds. The summed E-state index contributed by atoms with van der Waals surface area (Å²) in [4.78, 5) is 0. The Hall–Kier alpha value is -2.47. The van der Waals surface area contributed by atoms with Crippen LogP contribution in [0.1, 0.15) is 41.5 Å². The molecule has 0 bridgehead atoms. The molecule has 0 aromatic heterocycles. The maximum Gasteiger partial charge on any atom is 0.390 e. The summed E-state index contributed by atoms with van der Waals surface area (Å²) in [5, 5.41) is 9.78. The Kier molecular flexibility index (Phi) is 12.0. The molecule has 0 fully saturated rings. The van der Waals surface area contributed by atoms with E-state index in [-0.39, 0.29) is 5.16 Å². The van der Waals surface area contributed by atoms with Gasteiger partial charge in [-0.2, -0.15) is 0 Å². The van der Waals surface area contributed by atoms with E-state index in [2.05, 4.69) is 0 Å². The van der Waals surface area contributed by atoms with Gasteiger partial charge < -0.3 is 38.1 Å². The van der Waals surface area contributed by atoms with Crippen molar-refractivity contribution in [3.63, 3.8) is 0 Å². The third-order valence-electron chi connectivity index (χ3n) is 5.83. The van der Waals surface area contributed by atoms with Crippen LogP contribution in [-0.2, 0) is 9.13 Å². The molecule has 0 radical (unpaired) electrons. The van der Waals surface area contributed by atoms with E-state index in [1.54, 1.807) is 45.6 Å². The SMILES string of the molecule is COc1cc(OC)c(P(=O)(CO)C(C)(C)C)c(OC)c1.COc1cc(OC)c([P+](=O)C(C)(C)C)c(OC)c1. The molecule has 0 saturated heterocycles. The highest BCUT2D eigenvalue weighted by Crippen LogP contribution is 2.59. The molecule has 214 valence electrons. The maximum atomic E-state index is 13.3. The molecule has 0 aliphatic heterocycles. The lowest BCUT2D eigenvalue weighted by molar-refractivity contribution is 0.351. The van der Waals surface area contributed by atoms with Crippen molar-refractivity contribution in [1.82, 2.24) is 0 Å². The summed E-state index contributed by atoms with van der Waals surface area (Å²) in [6.45, 7) is 11.3. The molecule has 0 aliphatic carbocycles. The van der Waals surface area contributed by atoms with Crippen molar-refractivity contribution in [2.24, 2.45) is 0 Å². The van der Waals surface area contributed by atoms with Crippen molar-refractivity contribution in [2.45, 2.75) is 51.9 Å². The fourth-order valence-corrected chi connectivity index (χ4v) is 7.13. The lowest BCUT2D eigenvalue weighted by atomic mass is 10.2. The van der Waals surface area contributed by atoms with E-state index in [0.717, 1.165) is 0 Å². The van der Waals surface area contributed by atoms with Crippen molar-refractivity contribution in [3.05, 3.63) is 24.3 Å². The molecule has 2 aromatic rings. The first-order valence-electron chi connectivity index (χ1n) is 11.9. The molecular weight excluding hydrogens is 530 g/mol. The zero-order valence-electron chi connectivity index (χ0n) is 24.6. The van der Waals surface area contributed by atoms with E-state index in [1.165, 1.54) is 21.3 Å². The molecule has 11 heteroatoms. The van der Waals surface area contributed by atoms with Crippen molar-refractivity contribution < 1.29 is 42.7 Å². The van der Waals surface area contributed by atoms with E-state index >= 15 is 0 Å². The van der Waals surface area contributed by atoms with Gasteiger partial charge in [0, 0.05) is 29.4 Å². The third kappa shape index (κ3) is 7.34. The minimum absolute atomic E-state index is 0.357. The van der Waals surface area contributed by atoms with Crippen LogP contribution in [0, 0.1) is 0 Å². The smallest absolute Gasteiger partial charge is 0.390 e. The molecule has 38 heavy (non-hydrogen) atoms. The van der Waals surface area contributed by atoms with Crippen molar-refractivity contribution in [2.75, 3.05) is 49.0 Å². The average Bonchev–Trinajstić information content (AvgIpc) is 2.89. The van der Waals surface area contributed by atoms with Crippen LogP contribution < -0.4 is 39.0 Å². The maximum absolute atomic E-state index is 13.3. The highest BCUT2D eigenvalue weighted by atomic mass is 31.2. The van der Waals surface area contributed by atoms with Gasteiger partial charge in [0.25, 0.3) is 5.30 Å². The highest BCUT2D eigenvalue weighted by molar-refractivity contribution is 7.73. The van der Waals surface area contributed by atoms with E-state index in [0.29, 0.717) is 45.1 Å². The van der Waals surface area contributed by atoms with E-state index in [1.807, 2.05) is 41.5 Å². The first-order chi connectivity index (χ1) is 17.6. The Bertz CT molecular complexity index is 1100. The first kappa shape index (κ1) is 33.6. The van der Waals surface area contributed by atoms with Gasteiger partial charge in [0.1, 0.15) is 29.3 Å². The van der Waals surface area contributed by atoms with Gasteiger partial charge in [-0.1, -0.05) is 25.3 Å². The van der Waals surface area contributed by atoms with Gasteiger partial charge >= 0.3 is 7.80 Å². The van der Waals surface area contributed by atoms with Gasteiger partial charge in [0.15, 0.2) is 23.8 Å². The van der Waals surface area contributed by atoms with Crippen LogP contribution in [-0.4, -0.2) is 64.4 Å². The Morgan fingerprint density at radius 3 is 1.26 bits per heavy atom. The molecule has 0 saturated carbocycles. The van der Waals surface area contributed by atoms with Crippen LogP contribution in [0.5, 0.6) is 34.5 Å². The minimum Gasteiger partial charge on any atom is -0.496 e. The molecule has 0 spiro atoms. The average molecular weight is 574 g/mol. The van der Waals surface area contributed by atoms with Crippen LogP contribution >= 0.6 is 14.9 Å². The Morgan fingerprint density at radius 1 is 0.684 bits per heavy atom. The van der Waals surface area contributed by atoms with Gasteiger partial charge in [-0.15, -0.1) is 0 Å². The van der Waals surface area contributed by atoms with Crippen LogP contribution in [0.25, 0.3) is 0 Å². The second-order valence-corrected chi connectivity index (χ2v) is 16.2. The monoisotopic (exact) mass is 573 g/mol. The molecule has 2 atom stereocenters. The lowest BCUT2D eigenvalue weighted by Crippen LogP contribution is -2.27. The standard InChI is InChI=1S/C14H23O5P.C13H20O4P/c1-14(2,3)20(16,9-15)13-11(18-5)7-10(17-4)8-12(13)19-6;1-13(2,3)18(14)12-10(16-5)7-9(15-4)8-11(12)17-6/h7-8,15H,9H2,1-6H3;7-8H,1-6H3/q;+1. The topological polar surface area (TPSA) is 110 Å². The van der Waals surface area contributed by atoms with Crippen LogP contribution in [0.15, 0.2) is 24.3 Å². The van der Waals surface area contributed by atoms with E-state index < -0.39 is 26.4 Å². The number of hydrogen-bond donors (Lipinski definition) is 1. The number of rotatable bonds is 9. The Balaban J connectivity index is 0.000000382. The number of methoxy groups -OCH3 is 6. The predicted molar refractivity (Wildman–Crippen MR) is 153 cm³/mol. The minimum atomic E-state index is -3.13. The molecular formula is C27H43O9P2+. The summed E-state index contributed by atoms with van der Waals surface area (Å²) >= 11 is 0. The van der Waals surface area contributed by atoms with Crippen LogP contribution in [0.3, 0.4) is 0 Å². The summed E-state index contributed by atoms with van der Waals surface area (Å²) in [5.41, 5.74) is 0. The predicted octanol–water partition coefficient (Wildman–Crippen LogP) is 5.41. The van der Waals surface area contributed by atoms with Gasteiger partial charge in [-0.05, 0) is 20.8 Å². The molecule has 1 N–H and O–H groups in total. The third-order valence-corrected chi connectivity index (χ3v) is 11.6. The van der Waals surface area contributed by atoms with Crippen molar-refractivity contribution >= 4 is 25.6 Å². The second kappa shape index (κ2) is 13.5. The van der Waals surface area contributed by atoms with Crippen LogP contribution in [0.2, 0.25) is 0 Å².